The normalized spacial score (nSPS) is 25.1. The third-order valence-corrected chi connectivity index (χ3v) is 19.9. The van der Waals surface area contributed by atoms with Gasteiger partial charge in [-0.2, -0.15) is 0 Å². The Bertz CT molecular complexity index is 2120. The molecule has 15 unspecified atom stereocenters. The van der Waals surface area contributed by atoms with Gasteiger partial charge in [0, 0.05) is 95.4 Å². The summed E-state index contributed by atoms with van der Waals surface area (Å²) in [4.78, 5) is 90.2. The molecular weight excluding hydrogens is 1390 g/mol. The minimum atomic E-state index is -1.21. The summed E-state index contributed by atoms with van der Waals surface area (Å²) in [5.74, 6) is -2.31. The highest BCUT2D eigenvalue weighted by Crippen LogP contribution is 2.40. The second-order valence-electron chi connectivity index (χ2n) is 28.9. The van der Waals surface area contributed by atoms with Crippen molar-refractivity contribution in [2.45, 2.75) is 313 Å². The van der Waals surface area contributed by atoms with E-state index in [-0.39, 0.29) is 120 Å². The van der Waals surface area contributed by atoms with Gasteiger partial charge in [-0.15, -0.1) is 0 Å². The molecule has 0 saturated carbocycles. The molecule has 0 bridgehead atoms. The van der Waals surface area contributed by atoms with Gasteiger partial charge in [-0.1, -0.05) is 85.5 Å². The quantitative estimate of drug-likeness (QED) is 0.0207. The van der Waals surface area contributed by atoms with Gasteiger partial charge in [-0.25, -0.2) is 4.79 Å². The summed E-state index contributed by atoms with van der Waals surface area (Å²) in [6.45, 7) is 9.70. The molecule has 0 aliphatic carbocycles. The summed E-state index contributed by atoms with van der Waals surface area (Å²) in [6.07, 6.45) is 6.23. The van der Waals surface area contributed by atoms with Crippen molar-refractivity contribution in [3.63, 3.8) is 0 Å². The van der Waals surface area contributed by atoms with Crippen LogP contribution in [0.2, 0.25) is 0 Å². The minimum absolute atomic E-state index is 0.0135. The van der Waals surface area contributed by atoms with Crippen LogP contribution in [0.25, 0.3) is 0 Å². The van der Waals surface area contributed by atoms with E-state index in [2.05, 4.69) is 16.0 Å². The van der Waals surface area contributed by atoms with E-state index in [0.717, 1.165) is 89.9 Å². The highest BCUT2D eigenvalue weighted by atomic mass is 16.7. The number of alkyl carbamates (subject to hydrolysis) is 1. The number of hydrogen-bond acceptors (Lipinski definition) is 27. The fourth-order valence-electron chi connectivity index (χ4n) is 13.2. The van der Waals surface area contributed by atoms with Crippen LogP contribution in [0, 0.1) is 23.2 Å². The maximum atomic E-state index is 13.9. The van der Waals surface area contributed by atoms with Crippen LogP contribution in [0.5, 0.6) is 0 Å². The Labute approximate surface area is 628 Å². The number of nitrogens with one attached hydrogen (secondary N) is 3. The number of ether oxygens (including phenoxy) is 11. The summed E-state index contributed by atoms with van der Waals surface area (Å²) < 4.78 is 62.2. The van der Waals surface area contributed by atoms with E-state index in [1.54, 1.807) is 20.8 Å². The van der Waals surface area contributed by atoms with E-state index in [4.69, 9.17) is 52.1 Å². The summed E-state index contributed by atoms with van der Waals surface area (Å²) in [5.41, 5.74) is -0.621. The average Bonchev–Trinajstić information content (AvgIpc) is 0.854. The molecule has 30 heteroatoms. The maximum absolute atomic E-state index is 13.9. The number of carbonyl (C=O) groups is 7. The molecule has 0 aromatic rings. The molecule has 12 N–H and O–H groups in total. The number of carbonyl (C=O) groups excluding carboxylic acids is 7. The average molecular weight is 1520 g/mol. The van der Waals surface area contributed by atoms with Crippen molar-refractivity contribution < 1.29 is 132 Å². The summed E-state index contributed by atoms with van der Waals surface area (Å²) >= 11 is 0. The maximum Gasteiger partial charge on any atom is 0.407 e. The molecule has 3 aliphatic rings. The first kappa shape index (κ1) is 96.0. The molecule has 3 amide bonds. The van der Waals surface area contributed by atoms with Crippen LogP contribution in [0.1, 0.15) is 240 Å². The molecule has 0 aromatic heterocycles. The van der Waals surface area contributed by atoms with Gasteiger partial charge in [-0.3, -0.25) is 28.8 Å². The Morgan fingerprint density at radius 1 is 0.349 bits per heavy atom. The zero-order valence-electron chi connectivity index (χ0n) is 64.2. The molecule has 3 aliphatic heterocycles. The van der Waals surface area contributed by atoms with Crippen LogP contribution >= 0.6 is 0 Å². The van der Waals surface area contributed by atoms with Gasteiger partial charge in [-0.05, 0) is 108 Å². The Morgan fingerprint density at radius 2 is 0.698 bits per heavy atom. The van der Waals surface area contributed by atoms with Gasteiger partial charge in [0.1, 0.15) is 48.2 Å². The van der Waals surface area contributed by atoms with Crippen LogP contribution < -0.4 is 16.0 Å². The van der Waals surface area contributed by atoms with E-state index < -0.39 is 123 Å². The number of hydrogen-bond donors (Lipinski definition) is 12. The lowest BCUT2D eigenvalue weighted by Crippen LogP contribution is -2.55. The highest BCUT2D eigenvalue weighted by Gasteiger charge is 2.45. The first-order valence-electron chi connectivity index (χ1n) is 39.8. The summed E-state index contributed by atoms with van der Waals surface area (Å²) in [6, 6.07) is 0. The number of aliphatic hydroxyl groups is 9. The molecule has 15 atom stereocenters. The van der Waals surface area contributed by atoms with Crippen molar-refractivity contribution in [1.82, 2.24) is 16.0 Å². The molecule has 3 fully saturated rings. The lowest BCUT2D eigenvalue weighted by molar-refractivity contribution is -0.282. The Kier molecular flexibility index (Phi) is 53.2. The van der Waals surface area contributed by atoms with Gasteiger partial charge in [0.25, 0.3) is 0 Å². The molecule has 30 nitrogen and oxygen atoms in total. The third-order valence-electron chi connectivity index (χ3n) is 19.9. The zero-order chi connectivity index (χ0) is 77.7. The number of esters is 2. The van der Waals surface area contributed by atoms with E-state index in [0.29, 0.717) is 123 Å². The van der Waals surface area contributed by atoms with E-state index >= 15 is 0 Å². The molecule has 0 radical (unpaired) electrons. The van der Waals surface area contributed by atoms with Crippen LogP contribution in [0.4, 0.5) is 4.79 Å². The van der Waals surface area contributed by atoms with E-state index in [1.807, 2.05) is 6.92 Å². The van der Waals surface area contributed by atoms with E-state index in [9.17, 15) is 79.5 Å². The molecule has 3 saturated heterocycles. The second-order valence-corrected chi connectivity index (χ2v) is 28.9. The van der Waals surface area contributed by atoms with Crippen molar-refractivity contribution in [1.29, 1.82) is 0 Å². The van der Waals surface area contributed by atoms with Gasteiger partial charge in [0.05, 0.1) is 97.6 Å². The first-order valence-corrected chi connectivity index (χ1v) is 39.8. The summed E-state index contributed by atoms with van der Waals surface area (Å²) in [5, 5.41) is 98.0. The van der Waals surface area contributed by atoms with Crippen molar-refractivity contribution in [2.24, 2.45) is 23.2 Å². The SMILES string of the molecule is CCCOCCOCCC(=O)CC(CCCOC(=O)CCCCCCCNC(=O)CCCOC1OC(CO)C(O)C(O)C1C)(CCCOC(=O)CCCCCCCNC(=O)CCCOC1OC(CO)C(O)C(O)C1C)CCCOC(=O)NCCCCCCCC(=O)CCCOC1OC(CO)C(O)C(O)C1C. The smallest absolute Gasteiger partial charge is 0.407 e. The molecule has 0 aromatic carbocycles. The number of Topliss-reactive ketones (excluding diaryl/α,β-unsaturated/α-hetero) is 2. The number of amides is 3. The van der Waals surface area contributed by atoms with Crippen molar-refractivity contribution in [3.05, 3.63) is 0 Å². The lowest BCUT2D eigenvalue weighted by Gasteiger charge is -2.40. The fourth-order valence-corrected chi connectivity index (χ4v) is 13.2. The Morgan fingerprint density at radius 3 is 1.10 bits per heavy atom. The minimum Gasteiger partial charge on any atom is -0.466 e. The standard InChI is InChI=1S/C76H137N3O27/c1-5-40-96-48-49-97-47-33-58(84)50-76(34-24-44-98-64(87)31-16-10-7-12-18-37-77-62(85)29-22-42-101-73-55(3)67(90)70(93)60(52-81)105-73,35-25-45-99-65(88)32-17-11-8-13-19-38-78-63(86)30-23-43-102-74-56(4)68(91)71(94)61(53-82)106-74)36-26-46-103-75(95)79-39-20-14-6-9-15-27-57(83)28-21-41-100-72-54(2)66(89)69(92)59(51-80)104-72/h54-56,59-61,66-74,80-82,89-94H,5-53H2,1-4H3,(H,77,85)(H,78,86)(H,79,95). The predicted octanol–water partition coefficient (Wildman–Crippen LogP) is 5.36. The van der Waals surface area contributed by atoms with Crippen molar-refractivity contribution >= 4 is 41.4 Å². The fraction of sp³-hybridized carbons (Fsp3) is 0.908. The first-order chi connectivity index (χ1) is 51.1. The lowest BCUT2D eigenvalue weighted by atomic mass is 9.71. The highest BCUT2D eigenvalue weighted by molar-refractivity contribution is 5.79. The third kappa shape index (κ3) is 41.2. The summed E-state index contributed by atoms with van der Waals surface area (Å²) in [7, 11) is 0. The van der Waals surface area contributed by atoms with Crippen LogP contribution in [0.3, 0.4) is 0 Å². The number of rotatable bonds is 64. The number of ketones is 2. The molecule has 106 heavy (non-hydrogen) atoms. The van der Waals surface area contributed by atoms with Crippen molar-refractivity contribution in [2.75, 3.05) is 106 Å². The largest absolute Gasteiger partial charge is 0.466 e. The molecule has 0 spiro atoms. The van der Waals surface area contributed by atoms with Crippen LogP contribution in [-0.2, 0) is 80.9 Å². The van der Waals surface area contributed by atoms with Gasteiger partial charge >= 0.3 is 18.0 Å². The molecule has 3 heterocycles. The Balaban J connectivity index is 1.44. The topological polar surface area (TPSA) is 439 Å². The predicted molar refractivity (Wildman–Crippen MR) is 388 cm³/mol. The van der Waals surface area contributed by atoms with Gasteiger partial charge < -0.3 is 114 Å². The Hall–Kier alpha value is -4.19. The second kappa shape index (κ2) is 58.7. The molecule has 3 rings (SSSR count). The number of aliphatic hydroxyl groups excluding tert-OH is 9. The van der Waals surface area contributed by atoms with E-state index in [1.165, 1.54) is 0 Å². The monoisotopic (exact) mass is 1520 g/mol. The van der Waals surface area contributed by atoms with Crippen molar-refractivity contribution in [3.8, 4) is 0 Å². The molecular formula is C76H137N3O27. The molecule has 618 valence electrons. The van der Waals surface area contributed by atoms with Gasteiger partial charge in [0.15, 0.2) is 18.9 Å². The van der Waals surface area contributed by atoms with Crippen LogP contribution in [-0.4, -0.2) is 267 Å². The zero-order valence-corrected chi connectivity index (χ0v) is 64.2. The van der Waals surface area contributed by atoms with Gasteiger partial charge in [0.2, 0.25) is 11.8 Å². The van der Waals surface area contributed by atoms with Crippen LogP contribution in [0.15, 0.2) is 0 Å². The number of unbranched alkanes of at least 4 members (excludes halogenated alkanes) is 12.